The Balaban J connectivity index is 1.61. The minimum absolute atomic E-state index is 0.255. The number of hydrogen-bond acceptors (Lipinski definition) is 4. The topological polar surface area (TPSA) is 59.5 Å². The Morgan fingerprint density at radius 3 is 2.52 bits per heavy atom. The Morgan fingerprint density at radius 1 is 1.00 bits per heavy atom. The molecule has 1 aromatic carbocycles. The predicted octanol–water partition coefficient (Wildman–Crippen LogP) is 3.74. The summed E-state index contributed by atoms with van der Waals surface area (Å²) in [4.78, 5) is 6.51. The Labute approximate surface area is 168 Å². The summed E-state index contributed by atoms with van der Waals surface area (Å²) in [5.41, 5.74) is 12.0. The SMILES string of the molecule is N[C@H]1CCN(Cc2ccc3c(-c4ccncc4)c(-c4ccc(F)cc4)nn3c2)C1. The first-order valence-corrected chi connectivity index (χ1v) is 9.83. The molecular weight excluding hydrogens is 365 g/mol. The molecule has 29 heavy (non-hydrogen) atoms. The molecule has 5 rings (SSSR count). The molecule has 0 bridgehead atoms. The second-order valence-corrected chi connectivity index (χ2v) is 7.62. The average Bonchev–Trinajstić information content (AvgIpc) is 3.32. The molecule has 0 saturated carbocycles. The van der Waals surface area contributed by atoms with Crippen LogP contribution in [0, 0.1) is 5.82 Å². The molecule has 146 valence electrons. The van der Waals surface area contributed by atoms with Gasteiger partial charge in [0.15, 0.2) is 0 Å². The number of fused-ring (bicyclic) bond motifs is 1. The summed E-state index contributed by atoms with van der Waals surface area (Å²) >= 11 is 0. The van der Waals surface area contributed by atoms with Crippen molar-refractivity contribution in [3.8, 4) is 22.4 Å². The number of pyridine rings is 2. The van der Waals surface area contributed by atoms with Crippen molar-refractivity contribution in [3.63, 3.8) is 0 Å². The Bertz CT molecular complexity index is 1140. The van der Waals surface area contributed by atoms with Crippen LogP contribution in [0.25, 0.3) is 27.9 Å². The summed E-state index contributed by atoms with van der Waals surface area (Å²) in [6.45, 7) is 2.82. The van der Waals surface area contributed by atoms with Crippen LogP contribution in [0.2, 0.25) is 0 Å². The van der Waals surface area contributed by atoms with Crippen molar-refractivity contribution in [1.29, 1.82) is 0 Å². The van der Waals surface area contributed by atoms with Gasteiger partial charge in [-0.1, -0.05) is 6.07 Å². The number of hydrogen-bond donors (Lipinski definition) is 1. The van der Waals surface area contributed by atoms with Crippen LogP contribution in [0.1, 0.15) is 12.0 Å². The summed E-state index contributed by atoms with van der Waals surface area (Å²) < 4.78 is 15.4. The van der Waals surface area contributed by atoms with E-state index >= 15 is 0 Å². The van der Waals surface area contributed by atoms with Crippen LogP contribution in [-0.4, -0.2) is 38.6 Å². The van der Waals surface area contributed by atoms with E-state index in [0.29, 0.717) is 0 Å². The molecule has 1 aliphatic rings. The Morgan fingerprint density at radius 2 is 1.79 bits per heavy atom. The second-order valence-electron chi connectivity index (χ2n) is 7.62. The standard InChI is InChI=1S/C23H22FN5/c24-19-4-2-18(3-5-19)23-22(17-7-10-26-11-8-17)21-6-1-16(14-29(21)27-23)13-28-12-9-20(25)15-28/h1-8,10-11,14,20H,9,12-13,15,25H2/t20-/m0/s1. The van der Waals surface area contributed by atoms with Gasteiger partial charge in [-0.05, 0) is 60.0 Å². The number of nitrogens with two attached hydrogens (primary N) is 1. The maximum absolute atomic E-state index is 13.5. The zero-order valence-electron chi connectivity index (χ0n) is 16.0. The van der Waals surface area contributed by atoms with E-state index in [0.717, 1.165) is 54.0 Å². The maximum atomic E-state index is 13.5. The molecule has 3 aromatic heterocycles. The van der Waals surface area contributed by atoms with Crippen molar-refractivity contribution < 1.29 is 4.39 Å². The molecule has 5 nitrogen and oxygen atoms in total. The van der Waals surface area contributed by atoms with Crippen molar-refractivity contribution in [2.45, 2.75) is 19.0 Å². The van der Waals surface area contributed by atoms with E-state index in [9.17, 15) is 4.39 Å². The van der Waals surface area contributed by atoms with Crippen molar-refractivity contribution in [1.82, 2.24) is 19.5 Å². The fourth-order valence-corrected chi connectivity index (χ4v) is 4.06. The maximum Gasteiger partial charge on any atom is 0.123 e. The second kappa shape index (κ2) is 7.39. The van der Waals surface area contributed by atoms with Gasteiger partial charge in [-0.15, -0.1) is 0 Å². The van der Waals surface area contributed by atoms with E-state index in [1.807, 2.05) is 16.6 Å². The van der Waals surface area contributed by atoms with E-state index in [2.05, 4.69) is 28.2 Å². The third kappa shape index (κ3) is 3.52. The van der Waals surface area contributed by atoms with Gasteiger partial charge >= 0.3 is 0 Å². The van der Waals surface area contributed by atoms with Crippen molar-refractivity contribution in [3.05, 3.63) is 78.5 Å². The third-order valence-electron chi connectivity index (χ3n) is 5.49. The highest BCUT2D eigenvalue weighted by atomic mass is 19.1. The third-order valence-corrected chi connectivity index (χ3v) is 5.49. The summed E-state index contributed by atoms with van der Waals surface area (Å²) in [7, 11) is 0. The number of likely N-dealkylation sites (tertiary alicyclic amines) is 1. The normalized spacial score (nSPS) is 17.2. The molecule has 4 heterocycles. The first kappa shape index (κ1) is 18.0. The smallest absolute Gasteiger partial charge is 0.123 e. The molecule has 4 aromatic rings. The molecule has 0 amide bonds. The van der Waals surface area contributed by atoms with Crippen LogP contribution in [-0.2, 0) is 6.54 Å². The fraction of sp³-hybridized carbons (Fsp3) is 0.217. The van der Waals surface area contributed by atoms with E-state index in [1.165, 1.54) is 17.7 Å². The monoisotopic (exact) mass is 387 g/mol. The lowest BCUT2D eigenvalue weighted by molar-refractivity contribution is 0.326. The van der Waals surface area contributed by atoms with Gasteiger partial charge in [0.2, 0.25) is 0 Å². The summed E-state index contributed by atoms with van der Waals surface area (Å²) in [5.74, 6) is -0.255. The molecule has 1 saturated heterocycles. The van der Waals surface area contributed by atoms with Gasteiger partial charge in [-0.2, -0.15) is 5.10 Å². The lowest BCUT2D eigenvalue weighted by Crippen LogP contribution is -2.26. The first-order chi connectivity index (χ1) is 14.2. The van der Waals surface area contributed by atoms with Gasteiger partial charge in [0, 0.05) is 55.4 Å². The van der Waals surface area contributed by atoms with E-state index in [1.54, 1.807) is 24.5 Å². The Kier molecular flexibility index (Phi) is 4.58. The average molecular weight is 387 g/mol. The van der Waals surface area contributed by atoms with E-state index < -0.39 is 0 Å². The Hall–Kier alpha value is -3.09. The van der Waals surface area contributed by atoms with Crippen LogP contribution >= 0.6 is 0 Å². The highest BCUT2D eigenvalue weighted by molar-refractivity contribution is 5.92. The van der Waals surface area contributed by atoms with Gasteiger partial charge < -0.3 is 5.73 Å². The minimum atomic E-state index is -0.255. The number of nitrogens with zero attached hydrogens (tertiary/aromatic N) is 4. The highest BCUT2D eigenvalue weighted by Crippen LogP contribution is 2.35. The molecule has 1 atom stereocenters. The van der Waals surface area contributed by atoms with Crippen LogP contribution in [0.5, 0.6) is 0 Å². The lowest BCUT2D eigenvalue weighted by Gasteiger charge is -2.15. The zero-order valence-corrected chi connectivity index (χ0v) is 16.0. The van der Waals surface area contributed by atoms with Crippen molar-refractivity contribution >= 4 is 5.52 Å². The lowest BCUT2D eigenvalue weighted by atomic mass is 10.0. The number of rotatable bonds is 4. The minimum Gasteiger partial charge on any atom is -0.326 e. The largest absolute Gasteiger partial charge is 0.326 e. The van der Waals surface area contributed by atoms with Crippen LogP contribution in [0.15, 0.2) is 67.1 Å². The summed E-state index contributed by atoms with van der Waals surface area (Å²) in [6.07, 6.45) is 6.68. The van der Waals surface area contributed by atoms with Gasteiger partial charge in [0.25, 0.3) is 0 Å². The molecule has 1 aliphatic heterocycles. The molecule has 6 heteroatoms. The van der Waals surface area contributed by atoms with Crippen molar-refractivity contribution in [2.24, 2.45) is 5.73 Å². The van der Waals surface area contributed by atoms with Gasteiger partial charge in [0.05, 0.1) is 5.52 Å². The molecule has 0 unspecified atom stereocenters. The van der Waals surface area contributed by atoms with E-state index in [-0.39, 0.29) is 11.9 Å². The molecule has 1 fully saturated rings. The zero-order chi connectivity index (χ0) is 19.8. The number of aromatic nitrogens is 3. The first-order valence-electron chi connectivity index (χ1n) is 9.83. The molecular formula is C23H22FN5. The number of halogens is 1. The summed E-state index contributed by atoms with van der Waals surface area (Å²) in [5, 5.41) is 4.87. The van der Waals surface area contributed by atoms with Crippen LogP contribution in [0.3, 0.4) is 0 Å². The fourth-order valence-electron chi connectivity index (χ4n) is 4.06. The highest BCUT2D eigenvalue weighted by Gasteiger charge is 2.20. The van der Waals surface area contributed by atoms with Gasteiger partial charge in [0.1, 0.15) is 11.5 Å². The number of benzene rings is 1. The van der Waals surface area contributed by atoms with Crippen LogP contribution < -0.4 is 5.73 Å². The molecule has 2 N–H and O–H groups in total. The van der Waals surface area contributed by atoms with Gasteiger partial charge in [-0.3, -0.25) is 9.88 Å². The van der Waals surface area contributed by atoms with Gasteiger partial charge in [-0.25, -0.2) is 8.91 Å². The molecule has 0 radical (unpaired) electrons. The van der Waals surface area contributed by atoms with Crippen molar-refractivity contribution in [2.75, 3.05) is 13.1 Å². The molecule has 0 aliphatic carbocycles. The molecule has 0 spiro atoms. The summed E-state index contributed by atoms with van der Waals surface area (Å²) in [6, 6.07) is 15.0. The van der Waals surface area contributed by atoms with Crippen LogP contribution in [0.4, 0.5) is 4.39 Å². The quantitative estimate of drug-likeness (QED) is 0.580. The van der Waals surface area contributed by atoms with E-state index in [4.69, 9.17) is 10.8 Å². The predicted molar refractivity (Wildman–Crippen MR) is 112 cm³/mol.